The molecule has 0 radical (unpaired) electrons. The van der Waals surface area contributed by atoms with E-state index in [1.807, 2.05) is 0 Å². The Balaban J connectivity index is 1.81. The first-order valence-corrected chi connectivity index (χ1v) is 11.4. The van der Waals surface area contributed by atoms with Crippen LogP contribution in [-0.2, 0) is 16.4 Å². The molecule has 1 aromatic heterocycles. The zero-order chi connectivity index (χ0) is 21.8. The monoisotopic (exact) mass is 446 g/mol. The van der Waals surface area contributed by atoms with Crippen molar-refractivity contribution in [2.45, 2.75) is 38.5 Å². The summed E-state index contributed by atoms with van der Waals surface area (Å²) in [6.07, 6.45) is 1.21. The molecule has 30 heavy (non-hydrogen) atoms. The van der Waals surface area contributed by atoms with E-state index in [0.29, 0.717) is 33.8 Å². The first-order valence-electron chi connectivity index (χ1n) is 9.55. The lowest BCUT2D eigenvalue weighted by atomic mass is 9.76. The molecule has 0 atom stereocenters. The molecule has 0 aliphatic heterocycles. The Kier molecular flexibility index (Phi) is 4.86. The van der Waals surface area contributed by atoms with Crippen LogP contribution in [0.2, 0.25) is 5.02 Å². The van der Waals surface area contributed by atoms with Gasteiger partial charge in [0.15, 0.2) is 5.78 Å². The number of carbonyl (C=O) groups excluding carboxylic acids is 1. The van der Waals surface area contributed by atoms with Crippen molar-refractivity contribution in [2.75, 3.05) is 11.8 Å². The van der Waals surface area contributed by atoms with Crippen molar-refractivity contribution < 1.29 is 17.9 Å². The first-order chi connectivity index (χ1) is 14.0. The zero-order valence-corrected chi connectivity index (χ0v) is 18.8. The Bertz CT molecular complexity index is 1290. The maximum Gasteiger partial charge on any atom is 0.262 e. The number of ketones is 1. The maximum atomic E-state index is 13.2. The number of aromatic nitrogens is 1. The number of carbonyl (C=O) groups is 1. The largest absolute Gasteiger partial charge is 0.495 e. The predicted octanol–water partition coefficient (Wildman–Crippen LogP) is 5.09. The summed E-state index contributed by atoms with van der Waals surface area (Å²) in [7, 11) is -2.46. The third-order valence-corrected chi connectivity index (χ3v) is 7.18. The summed E-state index contributed by atoms with van der Waals surface area (Å²) in [5.74, 6) is 0.453. The Morgan fingerprint density at radius 1 is 1.17 bits per heavy atom. The molecule has 158 valence electrons. The fourth-order valence-electron chi connectivity index (χ4n) is 4.15. The fraction of sp³-hybridized carbons (Fsp3) is 0.318. The number of Topliss-reactive ketones (excluding diaryl/α,β-unsaturated/α-hetero) is 1. The molecule has 1 aliphatic carbocycles. The van der Waals surface area contributed by atoms with E-state index in [1.54, 1.807) is 31.2 Å². The van der Waals surface area contributed by atoms with Crippen LogP contribution in [0.25, 0.3) is 10.9 Å². The van der Waals surface area contributed by atoms with Crippen molar-refractivity contribution in [2.24, 2.45) is 5.41 Å². The zero-order valence-electron chi connectivity index (χ0n) is 17.2. The summed E-state index contributed by atoms with van der Waals surface area (Å²) in [5.41, 5.74) is 2.86. The highest BCUT2D eigenvalue weighted by atomic mass is 35.5. The van der Waals surface area contributed by atoms with E-state index in [2.05, 4.69) is 23.6 Å². The Morgan fingerprint density at radius 3 is 2.60 bits per heavy atom. The molecule has 6 nitrogen and oxygen atoms in total. The van der Waals surface area contributed by atoms with Gasteiger partial charge in [-0.05, 0) is 54.7 Å². The van der Waals surface area contributed by atoms with Gasteiger partial charge >= 0.3 is 0 Å². The van der Waals surface area contributed by atoms with Gasteiger partial charge in [0.1, 0.15) is 5.75 Å². The topological polar surface area (TPSA) is 88.3 Å². The molecular formula is C22H23ClN2O4S. The second-order valence-corrected chi connectivity index (χ2v) is 10.6. The third kappa shape index (κ3) is 3.56. The molecule has 0 amide bonds. The molecule has 0 fully saturated rings. The molecule has 0 bridgehead atoms. The summed E-state index contributed by atoms with van der Waals surface area (Å²) < 4.78 is 34.1. The van der Waals surface area contributed by atoms with Crippen molar-refractivity contribution in [1.82, 2.24) is 4.98 Å². The Morgan fingerprint density at radius 2 is 1.90 bits per heavy atom. The number of aromatic amines is 1. The summed E-state index contributed by atoms with van der Waals surface area (Å²) in [6, 6.07) is 8.08. The van der Waals surface area contributed by atoms with E-state index in [0.717, 1.165) is 17.5 Å². The van der Waals surface area contributed by atoms with E-state index in [1.165, 1.54) is 13.2 Å². The summed E-state index contributed by atoms with van der Waals surface area (Å²) >= 11 is 6.03. The molecule has 2 N–H and O–H groups in total. The van der Waals surface area contributed by atoms with E-state index in [-0.39, 0.29) is 21.8 Å². The number of sulfonamides is 1. The molecule has 0 spiro atoms. The van der Waals surface area contributed by atoms with Gasteiger partial charge in [0.2, 0.25) is 0 Å². The number of methoxy groups -OCH3 is 1. The standard InChI is InChI=1S/C22H23ClN2O4S/c1-12-7-14-15(24-17-10-22(2,3)11-18(26)21(14)17)9-20(12)30(27,28)25-16-8-13(23)5-6-19(16)29-4/h5-9,24-25H,10-11H2,1-4H3. The minimum atomic E-state index is -3.92. The second-order valence-electron chi connectivity index (χ2n) is 8.53. The van der Waals surface area contributed by atoms with Crippen LogP contribution in [0.4, 0.5) is 5.69 Å². The molecular weight excluding hydrogens is 424 g/mol. The quantitative estimate of drug-likeness (QED) is 0.583. The van der Waals surface area contributed by atoms with Gasteiger partial charge in [0, 0.05) is 33.6 Å². The highest BCUT2D eigenvalue weighted by Crippen LogP contribution is 2.39. The number of fused-ring (bicyclic) bond motifs is 3. The smallest absolute Gasteiger partial charge is 0.262 e. The van der Waals surface area contributed by atoms with Crippen LogP contribution in [0, 0.1) is 12.3 Å². The van der Waals surface area contributed by atoms with Crippen molar-refractivity contribution in [3.63, 3.8) is 0 Å². The molecule has 0 unspecified atom stereocenters. The van der Waals surface area contributed by atoms with Gasteiger partial charge in [-0.2, -0.15) is 0 Å². The van der Waals surface area contributed by atoms with Crippen LogP contribution in [0.5, 0.6) is 5.75 Å². The molecule has 3 aromatic rings. The minimum Gasteiger partial charge on any atom is -0.495 e. The minimum absolute atomic E-state index is 0.0873. The number of hydrogen-bond acceptors (Lipinski definition) is 4. The molecule has 1 aliphatic rings. The van der Waals surface area contributed by atoms with Crippen LogP contribution >= 0.6 is 11.6 Å². The van der Waals surface area contributed by atoms with Gasteiger partial charge in [0.25, 0.3) is 10.0 Å². The molecule has 2 aromatic carbocycles. The van der Waals surface area contributed by atoms with Crippen LogP contribution in [0.15, 0.2) is 35.2 Å². The number of H-pyrrole nitrogens is 1. The molecule has 8 heteroatoms. The molecule has 1 heterocycles. The van der Waals surface area contributed by atoms with E-state index >= 15 is 0 Å². The lowest BCUT2D eigenvalue weighted by molar-refractivity contribution is 0.0913. The van der Waals surface area contributed by atoms with Crippen LogP contribution in [0.3, 0.4) is 0 Å². The highest BCUT2D eigenvalue weighted by molar-refractivity contribution is 7.92. The number of ether oxygens (including phenoxy) is 1. The summed E-state index contributed by atoms with van der Waals surface area (Å²) in [5, 5.41) is 1.15. The Labute approximate surface area is 180 Å². The van der Waals surface area contributed by atoms with E-state index in [4.69, 9.17) is 16.3 Å². The van der Waals surface area contributed by atoms with E-state index in [9.17, 15) is 13.2 Å². The maximum absolute atomic E-state index is 13.2. The normalized spacial score (nSPS) is 15.8. The number of halogens is 1. The number of nitrogens with one attached hydrogen (secondary N) is 2. The lowest BCUT2D eigenvalue weighted by Crippen LogP contribution is -2.26. The fourth-order valence-corrected chi connectivity index (χ4v) is 5.64. The predicted molar refractivity (Wildman–Crippen MR) is 118 cm³/mol. The molecule has 0 saturated carbocycles. The van der Waals surface area contributed by atoms with Crippen LogP contribution in [-0.4, -0.2) is 26.3 Å². The van der Waals surface area contributed by atoms with Gasteiger partial charge < -0.3 is 9.72 Å². The SMILES string of the molecule is COc1ccc(Cl)cc1NS(=O)(=O)c1cc2[nH]c3c(c2cc1C)C(=O)CC(C)(C)C3. The van der Waals surface area contributed by atoms with Crippen LogP contribution in [0.1, 0.15) is 41.9 Å². The number of aryl methyl sites for hydroxylation is 1. The van der Waals surface area contributed by atoms with Gasteiger partial charge in [0.05, 0.1) is 17.7 Å². The van der Waals surface area contributed by atoms with Crippen molar-refractivity contribution in [3.8, 4) is 5.75 Å². The second kappa shape index (κ2) is 7.03. The van der Waals surface area contributed by atoms with Crippen LogP contribution < -0.4 is 9.46 Å². The average molecular weight is 447 g/mol. The Hall–Kier alpha value is -2.51. The van der Waals surface area contributed by atoms with Gasteiger partial charge in [-0.3, -0.25) is 9.52 Å². The highest BCUT2D eigenvalue weighted by Gasteiger charge is 2.34. The number of hydrogen-bond donors (Lipinski definition) is 2. The number of rotatable bonds is 4. The van der Waals surface area contributed by atoms with Crippen molar-refractivity contribution in [3.05, 3.63) is 52.2 Å². The number of anilines is 1. The average Bonchev–Trinajstić information content (AvgIpc) is 2.96. The third-order valence-electron chi connectivity index (χ3n) is 5.44. The molecule has 0 saturated heterocycles. The summed E-state index contributed by atoms with van der Waals surface area (Å²) in [4.78, 5) is 16.1. The molecule has 4 rings (SSSR count). The number of benzene rings is 2. The summed E-state index contributed by atoms with van der Waals surface area (Å²) in [6.45, 7) is 5.84. The lowest BCUT2D eigenvalue weighted by Gasteiger charge is -2.28. The van der Waals surface area contributed by atoms with Gasteiger partial charge in [-0.25, -0.2) is 8.42 Å². The van der Waals surface area contributed by atoms with Crippen molar-refractivity contribution >= 4 is 44.0 Å². The van der Waals surface area contributed by atoms with Crippen molar-refractivity contribution in [1.29, 1.82) is 0 Å². The van der Waals surface area contributed by atoms with Gasteiger partial charge in [-0.15, -0.1) is 0 Å². The van der Waals surface area contributed by atoms with Gasteiger partial charge in [-0.1, -0.05) is 25.4 Å². The first kappa shape index (κ1) is 20.8. The van der Waals surface area contributed by atoms with E-state index < -0.39 is 10.0 Å².